The summed E-state index contributed by atoms with van der Waals surface area (Å²) in [5.41, 5.74) is 1.29. The number of hydrogen-bond donors (Lipinski definition) is 1. The van der Waals surface area contributed by atoms with Gasteiger partial charge >= 0.3 is 0 Å². The molecule has 1 fully saturated rings. The lowest BCUT2D eigenvalue weighted by Crippen LogP contribution is -2.30. The number of nitrogens with one attached hydrogen (secondary N) is 1. The van der Waals surface area contributed by atoms with Crippen LogP contribution >= 0.6 is 0 Å². The highest BCUT2D eigenvalue weighted by Gasteiger charge is 2.31. The Labute approximate surface area is 123 Å². The van der Waals surface area contributed by atoms with E-state index in [9.17, 15) is 0 Å². The summed E-state index contributed by atoms with van der Waals surface area (Å²) in [5, 5.41) is 3.22. The number of hydrogen-bond acceptors (Lipinski definition) is 4. The molecule has 0 amide bonds. The molecule has 1 aromatic rings. The molecule has 2 rings (SSSR count). The smallest absolute Gasteiger partial charge is 0.137 e. The van der Waals surface area contributed by atoms with Crippen LogP contribution in [0.1, 0.15) is 52.0 Å². The Morgan fingerprint density at radius 3 is 2.65 bits per heavy atom. The SMILES string of the molecule is CCCc1c(NC)ncnc1N(CCC(C)C)C1CC1. The molecule has 20 heavy (non-hydrogen) atoms. The van der Waals surface area contributed by atoms with Crippen LogP contribution in [0.4, 0.5) is 11.6 Å². The first-order valence-corrected chi connectivity index (χ1v) is 7.95. The third kappa shape index (κ3) is 3.62. The van der Waals surface area contributed by atoms with E-state index in [1.54, 1.807) is 6.33 Å². The molecule has 0 aliphatic heterocycles. The van der Waals surface area contributed by atoms with Crippen molar-refractivity contribution in [3.63, 3.8) is 0 Å². The van der Waals surface area contributed by atoms with Gasteiger partial charge in [-0.2, -0.15) is 0 Å². The number of aromatic nitrogens is 2. The van der Waals surface area contributed by atoms with E-state index in [2.05, 4.69) is 41.0 Å². The van der Waals surface area contributed by atoms with Crippen LogP contribution in [0, 0.1) is 5.92 Å². The zero-order valence-corrected chi connectivity index (χ0v) is 13.3. The largest absolute Gasteiger partial charge is 0.373 e. The predicted molar refractivity (Wildman–Crippen MR) is 85.4 cm³/mol. The van der Waals surface area contributed by atoms with Crippen molar-refractivity contribution in [1.29, 1.82) is 0 Å². The van der Waals surface area contributed by atoms with Crippen molar-refractivity contribution in [3.05, 3.63) is 11.9 Å². The van der Waals surface area contributed by atoms with E-state index in [0.29, 0.717) is 6.04 Å². The third-order valence-electron chi connectivity index (χ3n) is 3.87. The van der Waals surface area contributed by atoms with Crippen LogP contribution < -0.4 is 10.2 Å². The molecule has 1 aliphatic rings. The van der Waals surface area contributed by atoms with Gasteiger partial charge in [-0.3, -0.25) is 0 Å². The lowest BCUT2D eigenvalue weighted by molar-refractivity contribution is 0.567. The third-order valence-corrected chi connectivity index (χ3v) is 3.87. The van der Waals surface area contributed by atoms with Gasteiger partial charge in [-0.05, 0) is 31.6 Å². The zero-order valence-electron chi connectivity index (χ0n) is 13.3. The summed E-state index contributed by atoms with van der Waals surface area (Å²) in [7, 11) is 1.95. The van der Waals surface area contributed by atoms with E-state index in [1.807, 2.05) is 7.05 Å². The first-order chi connectivity index (χ1) is 9.67. The molecule has 0 bridgehead atoms. The van der Waals surface area contributed by atoms with Gasteiger partial charge in [-0.15, -0.1) is 0 Å². The van der Waals surface area contributed by atoms with Crippen LogP contribution in [-0.2, 0) is 6.42 Å². The Morgan fingerprint density at radius 2 is 2.10 bits per heavy atom. The summed E-state index contributed by atoms with van der Waals surface area (Å²) in [6, 6.07) is 0.698. The Bertz CT molecular complexity index is 426. The van der Waals surface area contributed by atoms with Gasteiger partial charge < -0.3 is 10.2 Å². The molecule has 0 atom stereocenters. The number of rotatable bonds is 8. The molecule has 0 unspecified atom stereocenters. The fourth-order valence-electron chi connectivity index (χ4n) is 2.59. The summed E-state index contributed by atoms with van der Waals surface area (Å²) in [5.74, 6) is 2.89. The van der Waals surface area contributed by atoms with E-state index >= 15 is 0 Å². The van der Waals surface area contributed by atoms with Crippen molar-refractivity contribution in [1.82, 2.24) is 9.97 Å². The van der Waals surface area contributed by atoms with Gasteiger partial charge in [-0.1, -0.05) is 27.2 Å². The normalized spacial score (nSPS) is 14.7. The van der Waals surface area contributed by atoms with Gasteiger partial charge in [0.1, 0.15) is 18.0 Å². The van der Waals surface area contributed by atoms with E-state index in [0.717, 1.165) is 36.9 Å². The Hall–Kier alpha value is -1.32. The van der Waals surface area contributed by atoms with Crippen molar-refractivity contribution in [2.24, 2.45) is 5.92 Å². The van der Waals surface area contributed by atoms with Crippen LogP contribution in [0.15, 0.2) is 6.33 Å². The van der Waals surface area contributed by atoms with Gasteiger partial charge in [0.2, 0.25) is 0 Å². The second kappa shape index (κ2) is 6.91. The standard InChI is InChI=1S/C16H28N4/c1-5-6-14-15(17-4)18-11-19-16(14)20(13-7-8-13)10-9-12(2)3/h11-13H,5-10H2,1-4H3,(H,17,18,19). The van der Waals surface area contributed by atoms with Crippen molar-refractivity contribution in [2.45, 2.75) is 58.9 Å². The van der Waals surface area contributed by atoms with Gasteiger partial charge in [0, 0.05) is 25.2 Å². The Balaban J connectivity index is 2.26. The van der Waals surface area contributed by atoms with Crippen LogP contribution in [0.25, 0.3) is 0 Å². The highest BCUT2D eigenvalue weighted by Crippen LogP contribution is 2.34. The van der Waals surface area contributed by atoms with Crippen LogP contribution in [-0.4, -0.2) is 29.6 Å². The molecule has 1 aliphatic carbocycles. The summed E-state index contributed by atoms with van der Waals surface area (Å²) in [6.45, 7) is 7.90. The molecule has 0 saturated heterocycles. The Morgan fingerprint density at radius 1 is 1.35 bits per heavy atom. The van der Waals surface area contributed by atoms with Crippen LogP contribution in [0.5, 0.6) is 0 Å². The highest BCUT2D eigenvalue weighted by atomic mass is 15.2. The molecule has 0 aromatic carbocycles. The van der Waals surface area contributed by atoms with Crippen molar-refractivity contribution in [3.8, 4) is 0 Å². The zero-order chi connectivity index (χ0) is 14.5. The maximum atomic E-state index is 4.62. The molecule has 1 saturated carbocycles. The highest BCUT2D eigenvalue weighted by molar-refractivity contribution is 5.59. The Kier molecular flexibility index (Phi) is 5.21. The second-order valence-electron chi connectivity index (χ2n) is 6.13. The molecule has 4 heteroatoms. The average Bonchev–Trinajstić information content (AvgIpc) is 3.25. The maximum absolute atomic E-state index is 4.62. The lowest BCUT2D eigenvalue weighted by atomic mass is 10.1. The minimum atomic E-state index is 0.698. The summed E-state index contributed by atoms with van der Waals surface area (Å²) < 4.78 is 0. The van der Waals surface area contributed by atoms with E-state index in [1.165, 1.54) is 24.8 Å². The van der Waals surface area contributed by atoms with Crippen molar-refractivity contribution in [2.75, 3.05) is 23.8 Å². The predicted octanol–water partition coefficient (Wildman–Crippen LogP) is 3.49. The lowest BCUT2D eigenvalue weighted by Gasteiger charge is -2.27. The molecule has 1 N–H and O–H groups in total. The quantitative estimate of drug-likeness (QED) is 0.789. The topological polar surface area (TPSA) is 41.1 Å². The second-order valence-corrected chi connectivity index (χ2v) is 6.13. The fourth-order valence-corrected chi connectivity index (χ4v) is 2.59. The van der Waals surface area contributed by atoms with Gasteiger partial charge in [0.25, 0.3) is 0 Å². The van der Waals surface area contributed by atoms with Gasteiger partial charge in [0.05, 0.1) is 0 Å². The average molecular weight is 276 g/mol. The maximum Gasteiger partial charge on any atom is 0.137 e. The van der Waals surface area contributed by atoms with E-state index in [4.69, 9.17) is 0 Å². The van der Waals surface area contributed by atoms with Gasteiger partial charge in [0.15, 0.2) is 0 Å². The number of anilines is 2. The first-order valence-electron chi connectivity index (χ1n) is 7.95. The molecule has 112 valence electrons. The fraction of sp³-hybridized carbons (Fsp3) is 0.750. The minimum absolute atomic E-state index is 0.698. The van der Waals surface area contributed by atoms with Crippen molar-refractivity contribution < 1.29 is 0 Å². The first kappa shape index (κ1) is 15.1. The summed E-state index contributed by atoms with van der Waals surface area (Å²) in [6.07, 6.45) is 7.70. The molecule has 0 radical (unpaired) electrons. The monoisotopic (exact) mass is 276 g/mol. The molecular formula is C16H28N4. The summed E-state index contributed by atoms with van der Waals surface area (Å²) in [4.78, 5) is 11.5. The molecule has 4 nitrogen and oxygen atoms in total. The molecular weight excluding hydrogens is 248 g/mol. The van der Waals surface area contributed by atoms with Crippen molar-refractivity contribution >= 4 is 11.6 Å². The molecule has 0 spiro atoms. The van der Waals surface area contributed by atoms with Crippen LogP contribution in [0.2, 0.25) is 0 Å². The molecule has 1 heterocycles. The molecule has 1 aromatic heterocycles. The van der Waals surface area contributed by atoms with E-state index < -0.39 is 0 Å². The van der Waals surface area contributed by atoms with Crippen LogP contribution in [0.3, 0.4) is 0 Å². The van der Waals surface area contributed by atoms with Gasteiger partial charge in [-0.25, -0.2) is 9.97 Å². The minimum Gasteiger partial charge on any atom is -0.373 e. The van der Waals surface area contributed by atoms with E-state index in [-0.39, 0.29) is 0 Å². The number of nitrogens with zero attached hydrogens (tertiary/aromatic N) is 3. The summed E-state index contributed by atoms with van der Waals surface area (Å²) >= 11 is 0.